The van der Waals surface area contributed by atoms with E-state index in [2.05, 4.69) is 35.1 Å². The Hall–Kier alpha value is -3.06. The van der Waals surface area contributed by atoms with Crippen molar-refractivity contribution >= 4 is 23.4 Å². The van der Waals surface area contributed by atoms with Crippen LogP contribution in [0.25, 0.3) is 0 Å². The second-order valence-corrected chi connectivity index (χ2v) is 8.78. The molecule has 1 unspecified atom stereocenters. The van der Waals surface area contributed by atoms with E-state index in [1.54, 1.807) is 6.08 Å². The SMILES string of the molecule is C=CCn1c(SCC(=O)Nc2ccc(C)c(C)c2)nnc1C(C)Oc1cccc(C)c1C. The van der Waals surface area contributed by atoms with Crippen LogP contribution in [-0.2, 0) is 11.3 Å². The van der Waals surface area contributed by atoms with Crippen molar-refractivity contribution in [2.24, 2.45) is 0 Å². The summed E-state index contributed by atoms with van der Waals surface area (Å²) in [6, 6.07) is 11.9. The van der Waals surface area contributed by atoms with Gasteiger partial charge in [0.05, 0.1) is 5.75 Å². The fraction of sp³-hybridized carbons (Fsp3) is 0.320. The van der Waals surface area contributed by atoms with E-state index in [4.69, 9.17) is 4.74 Å². The minimum Gasteiger partial charge on any atom is -0.482 e. The molecule has 0 aliphatic rings. The smallest absolute Gasteiger partial charge is 0.234 e. The maximum atomic E-state index is 12.5. The molecule has 1 atom stereocenters. The lowest BCUT2D eigenvalue weighted by atomic mass is 10.1. The second-order valence-electron chi connectivity index (χ2n) is 7.83. The molecule has 1 amide bonds. The van der Waals surface area contributed by atoms with E-state index < -0.39 is 0 Å². The molecule has 1 N–H and O–H groups in total. The van der Waals surface area contributed by atoms with Gasteiger partial charge in [-0.15, -0.1) is 16.8 Å². The molecule has 0 radical (unpaired) electrons. The molecule has 1 aromatic heterocycles. The first-order valence-corrected chi connectivity index (χ1v) is 11.6. The third kappa shape index (κ3) is 5.59. The number of thioether (sulfide) groups is 1. The van der Waals surface area contributed by atoms with E-state index in [0.717, 1.165) is 22.6 Å². The summed E-state index contributed by atoms with van der Waals surface area (Å²) in [7, 11) is 0. The van der Waals surface area contributed by atoms with Gasteiger partial charge < -0.3 is 10.1 Å². The van der Waals surface area contributed by atoms with Crippen LogP contribution in [0.3, 0.4) is 0 Å². The van der Waals surface area contributed by atoms with Crippen molar-refractivity contribution in [1.82, 2.24) is 14.8 Å². The molecular formula is C25H30N4O2S. The van der Waals surface area contributed by atoms with Crippen LogP contribution in [-0.4, -0.2) is 26.4 Å². The molecule has 0 spiro atoms. The van der Waals surface area contributed by atoms with Crippen molar-refractivity contribution < 1.29 is 9.53 Å². The van der Waals surface area contributed by atoms with Crippen LogP contribution in [0.4, 0.5) is 5.69 Å². The molecule has 32 heavy (non-hydrogen) atoms. The van der Waals surface area contributed by atoms with Gasteiger partial charge in [-0.1, -0.05) is 36.0 Å². The summed E-state index contributed by atoms with van der Waals surface area (Å²) in [4.78, 5) is 12.5. The molecule has 168 valence electrons. The summed E-state index contributed by atoms with van der Waals surface area (Å²) in [5.74, 6) is 1.66. The molecule has 2 aromatic carbocycles. The maximum Gasteiger partial charge on any atom is 0.234 e. The van der Waals surface area contributed by atoms with Gasteiger partial charge in [0.25, 0.3) is 0 Å². The third-order valence-corrected chi connectivity index (χ3v) is 6.37. The molecule has 0 fully saturated rings. The van der Waals surface area contributed by atoms with E-state index >= 15 is 0 Å². The Bertz CT molecular complexity index is 1120. The van der Waals surface area contributed by atoms with Gasteiger partial charge in [-0.3, -0.25) is 9.36 Å². The van der Waals surface area contributed by atoms with Crippen LogP contribution in [0, 0.1) is 27.7 Å². The first kappa shape index (κ1) is 23.6. The number of aromatic nitrogens is 3. The predicted octanol–water partition coefficient (Wildman–Crippen LogP) is 5.57. The number of carbonyl (C=O) groups excluding carboxylic acids is 1. The monoisotopic (exact) mass is 450 g/mol. The topological polar surface area (TPSA) is 69.0 Å². The van der Waals surface area contributed by atoms with Crippen LogP contribution in [0.5, 0.6) is 5.75 Å². The Morgan fingerprint density at radius 3 is 2.66 bits per heavy atom. The summed E-state index contributed by atoms with van der Waals surface area (Å²) in [6.07, 6.45) is 1.48. The Kier molecular flexibility index (Phi) is 7.75. The lowest BCUT2D eigenvalue weighted by Crippen LogP contribution is -2.16. The van der Waals surface area contributed by atoms with Crippen molar-refractivity contribution in [3.63, 3.8) is 0 Å². The van der Waals surface area contributed by atoms with Gasteiger partial charge in [0.2, 0.25) is 5.91 Å². The molecule has 0 saturated heterocycles. The number of nitrogens with zero attached hydrogens (tertiary/aromatic N) is 3. The molecule has 3 rings (SSSR count). The number of hydrogen-bond acceptors (Lipinski definition) is 5. The number of carbonyl (C=O) groups is 1. The summed E-state index contributed by atoms with van der Waals surface area (Å²) >= 11 is 1.35. The molecule has 0 bridgehead atoms. The number of rotatable bonds is 9. The molecule has 1 heterocycles. The van der Waals surface area contributed by atoms with E-state index in [1.807, 2.05) is 62.6 Å². The Labute approximate surface area is 194 Å². The summed E-state index contributed by atoms with van der Waals surface area (Å²) in [5.41, 5.74) is 5.41. The van der Waals surface area contributed by atoms with Crippen LogP contribution in [0.15, 0.2) is 54.2 Å². The van der Waals surface area contributed by atoms with E-state index in [1.165, 1.54) is 22.9 Å². The van der Waals surface area contributed by atoms with Crippen LogP contribution in [0.1, 0.15) is 41.1 Å². The number of hydrogen-bond donors (Lipinski definition) is 1. The number of amides is 1. The number of aryl methyl sites for hydroxylation is 3. The van der Waals surface area contributed by atoms with Gasteiger partial charge in [-0.2, -0.15) is 0 Å². The summed E-state index contributed by atoms with van der Waals surface area (Å²) in [6.45, 7) is 14.5. The van der Waals surface area contributed by atoms with Crippen molar-refractivity contribution in [2.45, 2.75) is 52.4 Å². The van der Waals surface area contributed by atoms with Gasteiger partial charge in [0.1, 0.15) is 5.75 Å². The van der Waals surface area contributed by atoms with Crippen LogP contribution in [0.2, 0.25) is 0 Å². The Morgan fingerprint density at radius 2 is 1.94 bits per heavy atom. The fourth-order valence-electron chi connectivity index (χ4n) is 3.25. The van der Waals surface area contributed by atoms with Gasteiger partial charge in [-0.25, -0.2) is 0 Å². The van der Waals surface area contributed by atoms with Crippen molar-refractivity contribution in [1.29, 1.82) is 0 Å². The Balaban J connectivity index is 1.69. The van der Waals surface area contributed by atoms with Gasteiger partial charge >= 0.3 is 0 Å². The molecule has 6 nitrogen and oxygen atoms in total. The minimum absolute atomic E-state index is 0.0901. The highest BCUT2D eigenvalue weighted by Gasteiger charge is 2.20. The highest BCUT2D eigenvalue weighted by Crippen LogP contribution is 2.28. The van der Waals surface area contributed by atoms with Crippen LogP contribution >= 0.6 is 11.8 Å². The first-order chi connectivity index (χ1) is 15.3. The average Bonchev–Trinajstić information content (AvgIpc) is 3.15. The van der Waals surface area contributed by atoms with Crippen molar-refractivity contribution in [3.05, 3.63) is 77.1 Å². The third-order valence-electron chi connectivity index (χ3n) is 5.40. The number of nitrogens with one attached hydrogen (secondary N) is 1. The minimum atomic E-state index is -0.304. The highest BCUT2D eigenvalue weighted by molar-refractivity contribution is 7.99. The zero-order valence-electron chi connectivity index (χ0n) is 19.3. The first-order valence-electron chi connectivity index (χ1n) is 10.6. The standard InChI is InChI=1S/C25H30N4O2S/c1-7-13-29-24(20(6)31-22-10-8-9-17(3)19(22)5)27-28-25(29)32-15-23(30)26-21-12-11-16(2)18(4)14-21/h7-12,14,20H,1,13,15H2,2-6H3,(H,26,30). The number of ether oxygens (including phenoxy) is 1. The van der Waals surface area contributed by atoms with Crippen molar-refractivity contribution in [3.8, 4) is 5.75 Å². The largest absolute Gasteiger partial charge is 0.482 e. The highest BCUT2D eigenvalue weighted by atomic mass is 32.2. The maximum absolute atomic E-state index is 12.5. The molecule has 0 saturated carbocycles. The number of allylic oxidation sites excluding steroid dienone is 1. The van der Waals surface area contributed by atoms with Gasteiger partial charge in [-0.05, 0) is 75.1 Å². The molecule has 0 aliphatic carbocycles. The second kappa shape index (κ2) is 10.5. The Morgan fingerprint density at radius 1 is 1.16 bits per heavy atom. The van der Waals surface area contributed by atoms with E-state index in [0.29, 0.717) is 17.5 Å². The quantitative estimate of drug-likeness (QED) is 0.341. The van der Waals surface area contributed by atoms with E-state index in [-0.39, 0.29) is 17.8 Å². The number of benzene rings is 2. The van der Waals surface area contributed by atoms with Gasteiger partial charge in [0.15, 0.2) is 17.1 Å². The lowest BCUT2D eigenvalue weighted by molar-refractivity contribution is -0.113. The summed E-state index contributed by atoms with van der Waals surface area (Å²) < 4.78 is 8.13. The van der Waals surface area contributed by atoms with Crippen LogP contribution < -0.4 is 10.1 Å². The fourth-order valence-corrected chi connectivity index (χ4v) is 4.00. The average molecular weight is 451 g/mol. The van der Waals surface area contributed by atoms with Crippen molar-refractivity contribution in [2.75, 3.05) is 11.1 Å². The lowest BCUT2D eigenvalue weighted by Gasteiger charge is -2.18. The zero-order chi connectivity index (χ0) is 23.3. The molecular weight excluding hydrogens is 420 g/mol. The number of anilines is 1. The summed E-state index contributed by atoms with van der Waals surface area (Å²) in [5, 5.41) is 12.3. The zero-order valence-corrected chi connectivity index (χ0v) is 20.1. The normalized spacial score (nSPS) is 11.8. The molecule has 0 aliphatic heterocycles. The van der Waals surface area contributed by atoms with Gasteiger partial charge in [0, 0.05) is 12.2 Å². The molecule has 7 heteroatoms. The molecule has 3 aromatic rings. The predicted molar refractivity (Wildman–Crippen MR) is 130 cm³/mol. The van der Waals surface area contributed by atoms with E-state index in [9.17, 15) is 4.79 Å².